The molecule has 2 rings (SSSR count). The third-order valence-corrected chi connectivity index (χ3v) is 4.26. The van der Waals surface area contributed by atoms with Gasteiger partial charge < -0.3 is 16.6 Å². The summed E-state index contributed by atoms with van der Waals surface area (Å²) in [5.41, 5.74) is 14.3. The van der Waals surface area contributed by atoms with Crippen LogP contribution in [0.2, 0.25) is 0 Å². The van der Waals surface area contributed by atoms with Crippen molar-refractivity contribution >= 4 is 17.6 Å². The van der Waals surface area contributed by atoms with E-state index in [4.69, 9.17) is 27.4 Å². The SMILES string of the molecule is CCC(CC(=O)O)c1cccc(C(=N)N)c1.CCc1ccc(C(=N)N)cc1. The Morgan fingerprint density at radius 1 is 1.00 bits per heavy atom. The summed E-state index contributed by atoms with van der Waals surface area (Å²) in [6.45, 7) is 4.05. The van der Waals surface area contributed by atoms with E-state index in [1.165, 1.54) is 5.56 Å². The third kappa shape index (κ3) is 7.32. The predicted octanol–water partition coefficient (Wildman–Crippen LogP) is 3.47. The summed E-state index contributed by atoms with van der Waals surface area (Å²) in [6.07, 6.45) is 1.89. The fraction of sp³-hybridized carbons (Fsp3) is 0.286. The van der Waals surface area contributed by atoms with Crippen molar-refractivity contribution in [2.75, 3.05) is 0 Å². The number of nitrogen functional groups attached to an aromatic ring is 2. The van der Waals surface area contributed by atoms with Gasteiger partial charge in [-0.1, -0.05) is 56.3 Å². The zero-order valence-corrected chi connectivity index (χ0v) is 15.8. The third-order valence-electron chi connectivity index (χ3n) is 4.26. The largest absolute Gasteiger partial charge is 0.481 e. The normalized spacial score (nSPS) is 11.0. The van der Waals surface area contributed by atoms with Crippen molar-refractivity contribution in [3.63, 3.8) is 0 Å². The van der Waals surface area contributed by atoms with E-state index in [9.17, 15) is 4.79 Å². The molecule has 6 heteroatoms. The van der Waals surface area contributed by atoms with Crippen LogP contribution >= 0.6 is 0 Å². The van der Waals surface area contributed by atoms with E-state index in [0.29, 0.717) is 5.56 Å². The van der Waals surface area contributed by atoms with E-state index in [0.717, 1.165) is 24.0 Å². The molecular weight excluding hydrogens is 340 g/mol. The van der Waals surface area contributed by atoms with E-state index in [1.807, 2.05) is 37.3 Å². The van der Waals surface area contributed by atoms with Crippen LogP contribution < -0.4 is 11.5 Å². The highest BCUT2D eigenvalue weighted by atomic mass is 16.4. The van der Waals surface area contributed by atoms with Gasteiger partial charge in [0.05, 0.1) is 6.42 Å². The Labute approximate surface area is 160 Å². The summed E-state index contributed by atoms with van der Waals surface area (Å²) in [5.74, 6) is -0.684. The van der Waals surface area contributed by atoms with Gasteiger partial charge in [-0.2, -0.15) is 0 Å². The molecule has 144 valence electrons. The van der Waals surface area contributed by atoms with Crippen molar-refractivity contribution in [1.29, 1.82) is 10.8 Å². The van der Waals surface area contributed by atoms with Crippen molar-refractivity contribution in [1.82, 2.24) is 0 Å². The van der Waals surface area contributed by atoms with Crippen LogP contribution in [0.25, 0.3) is 0 Å². The van der Waals surface area contributed by atoms with E-state index in [2.05, 4.69) is 6.92 Å². The van der Waals surface area contributed by atoms with Crippen molar-refractivity contribution in [2.45, 2.75) is 39.0 Å². The maximum Gasteiger partial charge on any atom is 0.303 e. The summed E-state index contributed by atoms with van der Waals surface area (Å²) < 4.78 is 0. The molecule has 0 radical (unpaired) electrons. The maximum atomic E-state index is 10.7. The van der Waals surface area contributed by atoms with Crippen molar-refractivity contribution in [3.05, 3.63) is 70.8 Å². The van der Waals surface area contributed by atoms with Gasteiger partial charge in [-0.05, 0) is 36.0 Å². The fourth-order valence-corrected chi connectivity index (χ4v) is 2.59. The number of benzene rings is 2. The van der Waals surface area contributed by atoms with Gasteiger partial charge in [0, 0.05) is 11.1 Å². The zero-order valence-electron chi connectivity index (χ0n) is 15.8. The second kappa shape index (κ2) is 10.8. The van der Waals surface area contributed by atoms with Crippen LogP contribution in [-0.4, -0.2) is 22.7 Å². The van der Waals surface area contributed by atoms with Crippen LogP contribution in [-0.2, 0) is 11.2 Å². The molecule has 27 heavy (non-hydrogen) atoms. The molecule has 0 saturated heterocycles. The molecule has 0 aliphatic carbocycles. The lowest BCUT2D eigenvalue weighted by atomic mass is 9.92. The van der Waals surface area contributed by atoms with Gasteiger partial charge in [0.1, 0.15) is 11.7 Å². The monoisotopic (exact) mass is 368 g/mol. The summed E-state index contributed by atoms with van der Waals surface area (Å²) >= 11 is 0. The Hall–Kier alpha value is -3.15. The first-order chi connectivity index (χ1) is 12.8. The molecule has 0 fully saturated rings. The van der Waals surface area contributed by atoms with Crippen molar-refractivity contribution < 1.29 is 9.90 Å². The van der Waals surface area contributed by atoms with Gasteiger partial charge in [0.15, 0.2) is 0 Å². The molecule has 0 aliphatic heterocycles. The quantitative estimate of drug-likeness (QED) is 0.377. The highest BCUT2D eigenvalue weighted by molar-refractivity contribution is 5.95. The van der Waals surface area contributed by atoms with E-state index in [-0.39, 0.29) is 24.0 Å². The minimum absolute atomic E-state index is 0.00651. The second-order valence-corrected chi connectivity index (χ2v) is 6.21. The first-order valence-corrected chi connectivity index (χ1v) is 8.87. The number of hydrogen-bond acceptors (Lipinski definition) is 3. The highest BCUT2D eigenvalue weighted by Gasteiger charge is 2.14. The lowest BCUT2D eigenvalue weighted by Crippen LogP contribution is -2.12. The molecule has 7 N–H and O–H groups in total. The van der Waals surface area contributed by atoms with Crippen LogP contribution in [0, 0.1) is 10.8 Å². The van der Waals surface area contributed by atoms with Crippen LogP contribution in [0.5, 0.6) is 0 Å². The number of aliphatic carboxylic acids is 1. The molecule has 1 atom stereocenters. The Morgan fingerprint density at radius 3 is 2.04 bits per heavy atom. The van der Waals surface area contributed by atoms with Crippen molar-refractivity contribution in [3.8, 4) is 0 Å². The lowest BCUT2D eigenvalue weighted by molar-refractivity contribution is -0.137. The number of rotatable bonds is 7. The summed E-state index contributed by atoms with van der Waals surface area (Å²) in [4.78, 5) is 10.7. The van der Waals surface area contributed by atoms with Gasteiger partial charge >= 0.3 is 5.97 Å². The summed E-state index contributed by atoms with van der Waals surface area (Å²) in [7, 11) is 0. The molecule has 2 aromatic rings. The number of hydrogen-bond donors (Lipinski definition) is 5. The first-order valence-electron chi connectivity index (χ1n) is 8.87. The molecule has 0 spiro atoms. The number of aryl methyl sites for hydroxylation is 1. The molecule has 0 aliphatic rings. The smallest absolute Gasteiger partial charge is 0.303 e. The highest BCUT2D eigenvalue weighted by Crippen LogP contribution is 2.23. The second-order valence-electron chi connectivity index (χ2n) is 6.21. The molecule has 0 amide bonds. The molecule has 0 aromatic heterocycles. The molecular formula is C21H28N4O2. The zero-order chi connectivity index (χ0) is 20.4. The number of amidine groups is 2. The predicted molar refractivity (Wildman–Crippen MR) is 110 cm³/mol. The van der Waals surface area contributed by atoms with Crippen LogP contribution in [0.3, 0.4) is 0 Å². The van der Waals surface area contributed by atoms with Gasteiger partial charge in [-0.25, -0.2) is 0 Å². The van der Waals surface area contributed by atoms with E-state index < -0.39 is 5.97 Å². The number of nitrogens with two attached hydrogens (primary N) is 2. The van der Waals surface area contributed by atoms with E-state index >= 15 is 0 Å². The maximum absolute atomic E-state index is 10.7. The van der Waals surface area contributed by atoms with Crippen molar-refractivity contribution in [2.24, 2.45) is 11.5 Å². The molecule has 6 nitrogen and oxygen atoms in total. The van der Waals surface area contributed by atoms with Crippen LogP contribution in [0.15, 0.2) is 48.5 Å². The number of carboxylic acids is 1. The first kappa shape index (κ1) is 21.9. The lowest BCUT2D eigenvalue weighted by Gasteiger charge is -2.13. The summed E-state index contributed by atoms with van der Waals surface area (Å²) in [6, 6.07) is 15.0. The van der Waals surface area contributed by atoms with Gasteiger partial charge in [0.25, 0.3) is 0 Å². The Kier molecular flexibility index (Phi) is 8.72. The molecule has 1 unspecified atom stereocenters. The topological polar surface area (TPSA) is 137 Å². The molecule has 0 saturated carbocycles. The standard InChI is InChI=1S/C12H16N2O2.C9H12N2/c1-2-8(7-11(15)16)9-4-3-5-10(6-9)12(13)14;1-2-7-3-5-8(6-4-7)9(10)11/h3-6,8H,2,7H2,1H3,(H3,13,14)(H,15,16);3-6H,2H2,1H3,(H3,10,11). The number of carbonyl (C=O) groups is 1. The number of nitrogens with one attached hydrogen (secondary N) is 2. The average molecular weight is 368 g/mol. The molecule has 0 heterocycles. The molecule has 0 bridgehead atoms. The summed E-state index contributed by atoms with van der Waals surface area (Å²) in [5, 5.41) is 23.3. The van der Waals surface area contributed by atoms with Gasteiger partial charge in [-0.3, -0.25) is 15.6 Å². The minimum atomic E-state index is -0.805. The van der Waals surface area contributed by atoms with Crippen LogP contribution in [0.4, 0.5) is 0 Å². The van der Waals surface area contributed by atoms with Gasteiger partial charge in [-0.15, -0.1) is 0 Å². The Bertz CT molecular complexity index is 785. The number of carboxylic acid groups (broad SMARTS) is 1. The molecule has 2 aromatic carbocycles. The average Bonchev–Trinajstić information content (AvgIpc) is 2.66. The van der Waals surface area contributed by atoms with Crippen LogP contribution in [0.1, 0.15) is 54.9 Å². The minimum Gasteiger partial charge on any atom is -0.481 e. The Morgan fingerprint density at radius 2 is 1.59 bits per heavy atom. The fourth-order valence-electron chi connectivity index (χ4n) is 2.59. The van der Waals surface area contributed by atoms with Gasteiger partial charge in [0.2, 0.25) is 0 Å². The Balaban J connectivity index is 0.000000289. The van der Waals surface area contributed by atoms with E-state index in [1.54, 1.807) is 18.2 Å².